The first-order valence-electron chi connectivity index (χ1n) is 4.88. The fourth-order valence-electron chi connectivity index (χ4n) is 2.41. The molecule has 0 heteroatoms. The SMILES string of the molecule is [2H][C@H]1C=CC=C2C=CC[C@@]23C[C@H]13. The van der Waals surface area contributed by atoms with Crippen molar-refractivity contribution in [1.82, 2.24) is 0 Å². The van der Waals surface area contributed by atoms with Gasteiger partial charge in [-0.05, 0) is 30.7 Å². The molecule has 11 heavy (non-hydrogen) atoms. The molecule has 0 aliphatic heterocycles. The second-order valence-corrected chi connectivity index (χ2v) is 3.77. The molecular formula is C11H12. The molecule has 3 rings (SSSR count). The van der Waals surface area contributed by atoms with Gasteiger partial charge in [-0.2, -0.15) is 0 Å². The first-order valence-corrected chi connectivity index (χ1v) is 4.31. The summed E-state index contributed by atoms with van der Waals surface area (Å²) in [5, 5.41) is 0. The van der Waals surface area contributed by atoms with Crippen molar-refractivity contribution in [3.05, 3.63) is 36.0 Å². The molecule has 0 heterocycles. The molecule has 0 aromatic rings. The van der Waals surface area contributed by atoms with E-state index in [1.165, 1.54) is 18.4 Å². The van der Waals surface area contributed by atoms with E-state index in [4.69, 9.17) is 1.37 Å². The van der Waals surface area contributed by atoms with E-state index >= 15 is 0 Å². The summed E-state index contributed by atoms with van der Waals surface area (Å²) in [6.07, 6.45) is 13.2. The van der Waals surface area contributed by atoms with Crippen LogP contribution in [0.2, 0.25) is 0 Å². The van der Waals surface area contributed by atoms with E-state index in [0.29, 0.717) is 11.3 Å². The van der Waals surface area contributed by atoms with E-state index in [0.717, 1.165) is 0 Å². The number of hydrogen-bond donors (Lipinski definition) is 0. The normalized spacial score (nSPS) is 52.4. The Labute approximate surface area is 68.7 Å². The van der Waals surface area contributed by atoms with E-state index < -0.39 is 0 Å². The zero-order chi connectivity index (χ0) is 8.18. The van der Waals surface area contributed by atoms with Crippen molar-refractivity contribution in [3.8, 4) is 0 Å². The topological polar surface area (TPSA) is 0 Å². The molecule has 3 aliphatic carbocycles. The summed E-state index contributed by atoms with van der Waals surface area (Å²) in [6, 6.07) is 0. The summed E-state index contributed by atoms with van der Waals surface area (Å²) in [5.41, 5.74) is 1.88. The second-order valence-electron chi connectivity index (χ2n) is 3.77. The Morgan fingerprint density at radius 1 is 1.55 bits per heavy atom. The van der Waals surface area contributed by atoms with Crippen molar-refractivity contribution < 1.29 is 1.37 Å². The van der Waals surface area contributed by atoms with Crippen LogP contribution in [0.15, 0.2) is 36.0 Å². The molecule has 0 unspecified atom stereocenters. The lowest BCUT2D eigenvalue weighted by Crippen LogP contribution is -1.99. The Hall–Kier alpha value is -0.780. The van der Waals surface area contributed by atoms with E-state index in [1.807, 2.05) is 6.08 Å². The average molecular weight is 145 g/mol. The maximum Gasteiger partial charge on any atom is 0.0313 e. The summed E-state index contributed by atoms with van der Waals surface area (Å²) in [4.78, 5) is 0. The van der Waals surface area contributed by atoms with E-state index in [1.54, 1.807) is 0 Å². The standard InChI is InChI=1S/C11H12/c1-2-5-10-8-11(10)7-3-6-9(11)4-1/h1-4,6,10H,5,7-8H2/t10-,11+/m0/s1/i5D/t5-,10-,11+. The molecule has 0 nitrogen and oxygen atoms in total. The molecule has 0 N–H and O–H groups in total. The molecule has 56 valence electrons. The number of hydrogen-bond acceptors (Lipinski definition) is 0. The minimum absolute atomic E-state index is 0.0404. The van der Waals surface area contributed by atoms with Crippen LogP contribution in [0, 0.1) is 11.3 Å². The molecular weight excluding hydrogens is 132 g/mol. The second kappa shape index (κ2) is 1.69. The quantitative estimate of drug-likeness (QED) is 0.491. The maximum absolute atomic E-state index is 7.86. The molecule has 1 saturated carbocycles. The van der Waals surface area contributed by atoms with Crippen molar-refractivity contribution in [3.63, 3.8) is 0 Å². The predicted octanol–water partition coefficient (Wildman–Crippen LogP) is 2.84. The van der Waals surface area contributed by atoms with Crippen molar-refractivity contribution in [2.45, 2.75) is 19.2 Å². The molecule has 3 atom stereocenters. The van der Waals surface area contributed by atoms with Crippen LogP contribution in [0.25, 0.3) is 0 Å². The Balaban J connectivity index is 2.06. The molecule has 0 aromatic carbocycles. The lowest BCUT2D eigenvalue weighted by molar-refractivity contribution is 0.577. The summed E-state index contributed by atoms with van der Waals surface area (Å²) in [7, 11) is 0. The molecule has 1 fully saturated rings. The zero-order valence-electron chi connectivity index (χ0n) is 7.46. The van der Waals surface area contributed by atoms with Crippen LogP contribution >= 0.6 is 0 Å². The van der Waals surface area contributed by atoms with Gasteiger partial charge in [0.2, 0.25) is 0 Å². The highest BCUT2D eigenvalue weighted by atomic mass is 14.6. The molecule has 0 amide bonds. The molecule has 0 bridgehead atoms. The Morgan fingerprint density at radius 2 is 2.55 bits per heavy atom. The van der Waals surface area contributed by atoms with Crippen molar-refractivity contribution in [1.29, 1.82) is 0 Å². The van der Waals surface area contributed by atoms with Gasteiger partial charge in [-0.15, -0.1) is 0 Å². The van der Waals surface area contributed by atoms with Crippen LogP contribution in [0.4, 0.5) is 0 Å². The third-order valence-corrected chi connectivity index (χ3v) is 3.22. The fourth-order valence-corrected chi connectivity index (χ4v) is 2.41. The lowest BCUT2D eigenvalue weighted by Gasteiger charge is -2.08. The maximum atomic E-state index is 7.86. The molecule has 0 saturated heterocycles. The molecule has 0 aromatic heterocycles. The first kappa shape index (κ1) is 4.97. The van der Waals surface area contributed by atoms with Crippen LogP contribution in [-0.2, 0) is 0 Å². The summed E-state index contributed by atoms with van der Waals surface area (Å²) < 4.78 is 7.86. The molecule has 3 aliphatic rings. The van der Waals surface area contributed by atoms with E-state index in [2.05, 4.69) is 24.3 Å². The third-order valence-electron chi connectivity index (χ3n) is 3.22. The largest absolute Gasteiger partial charge is 0.0842 e. The van der Waals surface area contributed by atoms with Crippen LogP contribution in [0.3, 0.4) is 0 Å². The monoisotopic (exact) mass is 145 g/mol. The van der Waals surface area contributed by atoms with Gasteiger partial charge in [0.1, 0.15) is 0 Å². The van der Waals surface area contributed by atoms with Crippen LogP contribution in [0.1, 0.15) is 20.6 Å². The van der Waals surface area contributed by atoms with Gasteiger partial charge in [-0.1, -0.05) is 30.4 Å². The van der Waals surface area contributed by atoms with Crippen LogP contribution < -0.4 is 0 Å². The summed E-state index contributed by atoms with van der Waals surface area (Å²) in [5.74, 6) is 0.609. The Bertz CT molecular complexity index is 311. The lowest BCUT2D eigenvalue weighted by atomic mass is 9.95. The average Bonchev–Trinajstić information content (AvgIpc) is 2.66. The van der Waals surface area contributed by atoms with E-state index in [9.17, 15) is 0 Å². The van der Waals surface area contributed by atoms with Gasteiger partial charge in [0.15, 0.2) is 0 Å². The Morgan fingerprint density at radius 3 is 3.55 bits per heavy atom. The van der Waals surface area contributed by atoms with E-state index in [-0.39, 0.29) is 6.40 Å². The zero-order valence-corrected chi connectivity index (χ0v) is 6.46. The smallest absolute Gasteiger partial charge is 0.0313 e. The van der Waals surface area contributed by atoms with Crippen LogP contribution in [0.5, 0.6) is 0 Å². The minimum atomic E-state index is 0.0404. The Kier molecular flexibility index (Phi) is 0.762. The van der Waals surface area contributed by atoms with Gasteiger partial charge in [0, 0.05) is 6.79 Å². The number of rotatable bonds is 0. The highest BCUT2D eigenvalue weighted by Gasteiger charge is 2.55. The van der Waals surface area contributed by atoms with Gasteiger partial charge >= 0.3 is 0 Å². The minimum Gasteiger partial charge on any atom is -0.0842 e. The van der Waals surface area contributed by atoms with Gasteiger partial charge < -0.3 is 0 Å². The van der Waals surface area contributed by atoms with Gasteiger partial charge in [0.05, 0.1) is 0 Å². The highest BCUT2D eigenvalue weighted by Crippen LogP contribution is 2.65. The van der Waals surface area contributed by atoms with Gasteiger partial charge in [0.25, 0.3) is 0 Å². The highest BCUT2D eigenvalue weighted by molar-refractivity contribution is 5.44. The summed E-state index contributed by atoms with van der Waals surface area (Å²) >= 11 is 0. The summed E-state index contributed by atoms with van der Waals surface area (Å²) in [6.45, 7) is 0. The number of allylic oxidation sites excluding steroid dienone is 6. The van der Waals surface area contributed by atoms with Gasteiger partial charge in [-0.3, -0.25) is 0 Å². The van der Waals surface area contributed by atoms with Crippen molar-refractivity contribution in [2.24, 2.45) is 11.3 Å². The van der Waals surface area contributed by atoms with Crippen molar-refractivity contribution in [2.75, 3.05) is 0 Å². The molecule has 0 radical (unpaired) electrons. The van der Waals surface area contributed by atoms with Gasteiger partial charge in [-0.25, -0.2) is 0 Å². The third kappa shape index (κ3) is 0.604. The molecule has 1 spiro atoms. The predicted molar refractivity (Wildman–Crippen MR) is 46.1 cm³/mol. The fraction of sp³-hybridized carbons (Fsp3) is 0.455. The first-order chi connectivity index (χ1) is 5.83. The van der Waals surface area contributed by atoms with Crippen molar-refractivity contribution >= 4 is 0 Å². The van der Waals surface area contributed by atoms with Crippen LogP contribution in [-0.4, -0.2) is 0 Å².